The number of hydrogen-bond acceptors (Lipinski definition) is 2. The zero-order valence-corrected chi connectivity index (χ0v) is 13.6. The summed E-state index contributed by atoms with van der Waals surface area (Å²) in [6, 6.07) is 15.9. The largest absolute Gasteiger partial charge is 0.329 e. The Labute approximate surface area is 135 Å². The van der Waals surface area contributed by atoms with Crippen molar-refractivity contribution in [1.82, 2.24) is 9.13 Å². The van der Waals surface area contributed by atoms with Crippen molar-refractivity contribution in [3.63, 3.8) is 0 Å². The molecule has 0 aliphatic rings. The van der Waals surface area contributed by atoms with Crippen molar-refractivity contribution in [3.05, 3.63) is 58.5 Å². The second kappa shape index (κ2) is 5.77. The van der Waals surface area contributed by atoms with E-state index in [9.17, 15) is 10.1 Å². The molecule has 1 unspecified atom stereocenters. The van der Waals surface area contributed by atoms with Crippen molar-refractivity contribution < 1.29 is 0 Å². The highest BCUT2D eigenvalue weighted by atomic mass is 16.1. The first-order valence-corrected chi connectivity index (χ1v) is 7.79. The van der Waals surface area contributed by atoms with Crippen LogP contribution < -0.4 is 5.69 Å². The molecule has 0 N–H and O–H groups in total. The highest BCUT2D eigenvalue weighted by molar-refractivity contribution is 5.84. The maximum atomic E-state index is 12.5. The summed E-state index contributed by atoms with van der Waals surface area (Å²) >= 11 is 0. The van der Waals surface area contributed by atoms with Crippen LogP contribution in [-0.2, 0) is 7.05 Å². The van der Waals surface area contributed by atoms with E-state index in [4.69, 9.17) is 0 Å². The molecule has 0 fully saturated rings. The van der Waals surface area contributed by atoms with Crippen LogP contribution in [0.4, 0.5) is 0 Å². The number of hydrogen-bond donors (Lipinski definition) is 0. The first kappa shape index (κ1) is 15.1. The molecule has 1 heterocycles. The summed E-state index contributed by atoms with van der Waals surface area (Å²) < 4.78 is 3.52. The first-order valence-electron chi connectivity index (χ1n) is 7.79. The first-order chi connectivity index (χ1) is 11.1. The van der Waals surface area contributed by atoms with Crippen LogP contribution in [-0.4, -0.2) is 9.13 Å². The number of nitriles is 1. The van der Waals surface area contributed by atoms with Gasteiger partial charge in [-0.25, -0.2) is 4.79 Å². The van der Waals surface area contributed by atoms with Crippen LogP contribution in [0.2, 0.25) is 0 Å². The maximum Gasteiger partial charge on any atom is 0.329 e. The van der Waals surface area contributed by atoms with Gasteiger partial charge in [0.25, 0.3) is 0 Å². The van der Waals surface area contributed by atoms with Gasteiger partial charge in [0.05, 0.1) is 22.7 Å². The second-order valence-corrected chi connectivity index (χ2v) is 5.83. The zero-order chi connectivity index (χ0) is 16.6. The minimum atomic E-state index is 0.0000633. The summed E-state index contributed by atoms with van der Waals surface area (Å²) in [6.07, 6.45) is 0.901. The lowest BCUT2D eigenvalue weighted by Gasteiger charge is -2.11. The molecule has 0 saturated carbocycles. The van der Waals surface area contributed by atoms with Crippen molar-refractivity contribution in [2.24, 2.45) is 7.05 Å². The fraction of sp³-hybridized carbons (Fsp3) is 0.263. The molecule has 0 aliphatic heterocycles. The molecule has 0 bridgehead atoms. The van der Waals surface area contributed by atoms with Crippen molar-refractivity contribution in [2.75, 3.05) is 0 Å². The molecule has 1 atom stereocenters. The van der Waals surface area contributed by atoms with Crippen LogP contribution in [0.15, 0.2) is 47.3 Å². The molecular weight excluding hydrogens is 286 g/mol. The van der Waals surface area contributed by atoms with Crippen molar-refractivity contribution >= 4 is 11.0 Å². The van der Waals surface area contributed by atoms with Crippen LogP contribution in [0, 0.1) is 11.3 Å². The number of fused-ring (bicyclic) bond motifs is 1. The highest BCUT2D eigenvalue weighted by Crippen LogP contribution is 2.27. The van der Waals surface area contributed by atoms with Crippen molar-refractivity contribution in [3.8, 4) is 17.2 Å². The zero-order valence-electron chi connectivity index (χ0n) is 13.6. The number of aromatic nitrogens is 2. The average Bonchev–Trinajstić information content (AvgIpc) is 2.85. The Hall–Kier alpha value is -2.80. The normalized spacial score (nSPS) is 12.3. The van der Waals surface area contributed by atoms with Gasteiger partial charge in [0, 0.05) is 13.1 Å². The summed E-state index contributed by atoms with van der Waals surface area (Å²) in [4.78, 5) is 12.5. The summed E-state index contributed by atoms with van der Waals surface area (Å²) in [7, 11) is 1.80. The summed E-state index contributed by atoms with van der Waals surface area (Å²) in [6.45, 7) is 4.13. The summed E-state index contributed by atoms with van der Waals surface area (Å²) in [5.74, 6) is 0. The molecule has 0 radical (unpaired) electrons. The number of imidazole rings is 1. The molecule has 23 heavy (non-hydrogen) atoms. The van der Waals surface area contributed by atoms with Gasteiger partial charge in [-0.05, 0) is 42.7 Å². The molecule has 0 saturated heterocycles. The fourth-order valence-corrected chi connectivity index (χ4v) is 2.97. The topological polar surface area (TPSA) is 50.7 Å². The lowest BCUT2D eigenvalue weighted by molar-refractivity contribution is 0.521. The third kappa shape index (κ3) is 2.35. The smallest absolute Gasteiger partial charge is 0.295 e. The molecule has 3 rings (SSSR count). The highest BCUT2D eigenvalue weighted by Gasteiger charge is 2.15. The van der Waals surface area contributed by atoms with Crippen LogP contribution in [0.5, 0.6) is 0 Å². The minimum absolute atomic E-state index is 0.0000633. The molecule has 4 heteroatoms. The van der Waals surface area contributed by atoms with E-state index in [1.165, 1.54) is 0 Å². The van der Waals surface area contributed by atoms with E-state index in [2.05, 4.69) is 19.9 Å². The Kier molecular flexibility index (Phi) is 3.79. The van der Waals surface area contributed by atoms with Gasteiger partial charge in [-0.1, -0.05) is 31.2 Å². The lowest BCUT2D eigenvalue weighted by atomic mass is 10.00. The van der Waals surface area contributed by atoms with Crippen LogP contribution in [0.25, 0.3) is 22.2 Å². The standard InChI is InChI=1S/C19H19N3O/c1-4-13(2)22-17-10-9-14(11-18(17)21(3)19(22)23)16-8-6-5-7-15(16)12-20/h5-11,13H,4H2,1-3H3. The predicted octanol–water partition coefficient (Wildman–Crippen LogP) is 3.85. The van der Waals surface area contributed by atoms with Crippen LogP contribution in [0.1, 0.15) is 31.9 Å². The molecule has 2 aromatic carbocycles. The molecule has 1 aromatic heterocycles. The number of aryl methyl sites for hydroxylation is 1. The average molecular weight is 305 g/mol. The molecule has 4 nitrogen and oxygen atoms in total. The maximum absolute atomic E-state index is 12.5. The lowest BCUT2D eigenvalue weighted by Crippen LogP contribution is -2.24. The Bertz CT molecular complexity index is 972. The molecule has 0 aliphatic carbocycles. The summed E-state index contributed by atoms with van der Waals surface area (Å²) in [5.41, 5.74) is 4.30. The SMILES string of the molecule is CCC(C)n1c(=O)n(C)c2cc(-c3ccccc3C#N)ccc21. The van der Waals surface area contributed by atoms with Crippen molar-refractivity contribution in [1.29, 1.82) is 5.26 Å². The molecule has 116 valence electrons. The van der Waals surface area contributed by atoms with Gasteiger partial charge in [-0.15, -0.1) is 0 Å². The van der Waals surface area contributed by atoms with Crippen molar-refractivity contribution in [2.45, 2.75) is 26.3 Å². The summed E-state index contributed by atoms with van der Waals surface area (Å²) in [5, 5.41) is 9.29. The number of rotatable bonds is 3. The van der Waals surface area contributed by atoms with Gasteiger partial charge in [0.1, 0.15) is 0 Å². The number of nitrogens with zero attached hydrogens (tertiary/aromatic N) is 3. The monoisotopic (exact) mass is 305 g/mol. The Balaban J connectivity index is 2.27. The Morgan fingerprint density at radius 1 is 1.17 bits per heavy atom. The van der Waals surface area contributed by atoms with Gasteiger partial charge < -0.3 is 0 Å². The van der Waals surface area contributed by atoms with Gasteiger partial charge >= 0.3 is 5.69 Å². The van der Waals surface area contributed by atoms with Crippen LogP contribution >= 0.6 is 0 Å². The predicted molar refractivity (Wildman–Crippen MR) is 92.3 cm³/mol. The fourth-order valence-electron chi connectivity index (χ4n) is 2.97. The van der Waals surface area contributed by atoms with Gasteiger partial charge in [0.2, 0.25) is 0 Å². The van der Waals surface area contributed by atoms with Gasteiger partial charge in [-0.3, -0.25) is 9.13 Å². The van der Waals surface area contributed by atoms with E-state index < -0.39 is 0 Å². The third-order valence-corrected chi connectivity index (χ3v) is 4.48. The Morgan fingerprint density at radius 2 is 1.91 bits per heavy atom. The van der Waals surface area contributed by atoms with Crippen LogP contribution in [0.3, 0.4) is 0 Å². The van der Waals surface area contributed by atoms with E-state index >= 15 is 0 Å². The third-order valence-electron chi connectivity index (χ3n) is 4.48. The quantitative estimate of drug-likeness (QED) is 0.738. The van der Waals surface area contributed by atoms with E-state index in [0.29, 0.717) is 5.56 Å². The van der Waals surface area contributed by atoms with Gasteiger partial charge in [0.15, 0.2) is 0 Å². The van der Waals surface area contributed by atoms with E-state index in [-0.39, 0.29) is 11.7 Å². The molecule has 3 aromatic rings. The molecular formula is C19H19N3O. The van der Waals surface area contributed by atoms with E-state index in [0.717, 1.165) is 28.6 Å². The minimum Gasteiger partial charge on any atom is -0.295 e. The molecule has 0 amide bonds. The van der Waals surface area contributed by atoms with Gasteiger partial charge in [-0.2, -0.15) is 5.26 Å². The number of benzene rings is 2. The van der Waals surface area contributed by atoms with E-state index in [1.807, 2.05) is 47.0 Å². The Morgan fingerprint density at radius 3 is 2.61 bits per heavy atom. The molecule has 0 spiro atoms. The van der Waals surface area contributed by atoms with E-state index in [1.54, 1.807) is 11.6 Å². The second-order valence-electron chi connectivity index (χ2n) is 5.83.